The zero-order valence-electron chi connectivity index (χ0n) is 9.30. The molecule has 1 atom stereocenters. The summed E-state index contributed by atoms with van der Waals surface area (Å²) in [6, 6.07) is 11.5. The van der Waals surface area contributed by atoms with Gasteiger partial charge in [-0.15, -0.1) is 0 Å². The lowest BCUT2D eigenvalue weighted by atomic mass is 10.1. The quantitative estimate of drug-likeness (QED) is 0.798. The minimum Gasteiger partial charge on any atom is -0.396 e. The van der Waals surface area contributed by atoms with E-state index in [0.717, 1.165) is 5.56 Å². The maximum Gasteiger partial charge on any atom is 0.105 e. The molecule has 2 aromatic rings. The van der Waals surface area contributed by atoms with Crippen LogP contribution in [0.2, 0.25) is 0 Å². The van der Waals surface area contributed by atoms with E-state index in [1.54, 1.807) is 0 Å². The summed E-state index contributed by atoms with van der Waals surface area (Å²) in [6.45, 7) is -0.0512. The molecule has 0 unspecified atom stereocenters. The van der Waals surface area contributed by atoms with E-state index in [4.69, 9.17) is 11.0 Å². The lowest BCUT2D eigenvalue weighted by molar-refractivity contribution is 0.264. The summed E-state index contributed by atoms with van der Waals surface area (Å²) >= 11 is 0. The van der Waals surface area contributed by atoms with E-state index in [-0.39, 0.29) is 12.6 Å². The molecule has 0 spiro atoms. The number of benzene rings is 1. The largest absolute Gasteiger partial charge is 0.396 e. The van der Waals surface area contributed by atoms with Gasteiger partial charge in [0.2, 0.25) is 0 Å². The van der Waals surface area contributed by atoms with Gasteiger partial charge < -0.3 is 10.8 Å². The van der Waals surface area contributed by atoms with Crippen molar-refractivity contribution in [2.45, 2.75) is 12.5 Å². The summed E-state index contributed by atoms with van der Waals surface area (Å²) in [5, 5.41) is 18.5. The van der Waals surface area contributed by atoms with E-state index in [0.29, 0.717) is 23.0 Å². The van der Waals surface area contributed by atoms with Crippen molar-refractivity contribution in [3.8, 4) is 6.07 Å². The van der Waals surface area contributed by atoms with Crippen molar-refractivity contribution >= 4 is 5.69 Å². The Morgan fingerprint density at radius 3 is 2.59 bits per heavy atom. The third kappa shape index (κ3) is 2.52. The lowest BCUT2D eigenvalue weighted by Crippen LogP contribution is -2.16. The second-order valence-corrected chi connectivity index (χ2v) is 3.90. The van der Waals surface area contributed by atoms with Crippen molar-refractivity contribution < 1.29 is 5.11 Å². The molecule has 2 aromatic carbocycles. The van der Waals surface area contributed by atoms with Crippen LogP contribution in [0.5, 0.6) is 0 Å². The van der Waals surface area contributed by atoms with Crippen molar-refractivity contribution in [3.63, 3.8) is 0 Å². The van der Waals surface area contributed by atoms with Crippen molar-refractivity contribution in [2.24, 2.45) is 4.99 Å². The van der Waals surface area contributed by atoms with Crippen molar-refractivity contribution in [3.05, 3.63) is 46.8 Å². The highest BCUT2D eigenvalue weighted by molar-refractivity contribution is 5.66. The number of rotatable bonds is 4. The van der Waals surface area contributed by atoms with Gasteiger partial charge in [0.1, 0.15) is 17.0 Å². The van der Waals surface area contributed by atoms with Gasteiger partial charge in [-0.3, -0.25) is 4.99 Å². The van der Waals surface area contributed by atoms with Crippen LogP contribution < -0.4 is 11.1 Å². The van der Waals surface area contributed by atoms with Gasteiger partial charge in [-0.05, 0) is 12.0 Å². The summed E-state index contributed by atoms with van der Waals surface area (Å²) < 4.78 is 0. The fourth-order valence-corrected chi connectivity index (χ4v) is 1.66. The smallest absolute Gasteiger partial charge is 0.105 e. The molecule has 17 heavy (non-hydrogen) atoms. The number of aliphatic hydroxyl groups is 1. The highest BCUT2D eigenvalue weighted by Gasteiger charge is 2.17. The normalized spacial score (nSPS) is 13.8. The molecule has 0 saturated carbocycles. The first-order valence-electron chi connectivity index (χ1n) is 5.39. The first kappa shape index (κ1) is 11.4. The van der Waals surface area contributed by atoms with Crippen LogP contribution in [0.25, 0.3) is 0 Å². The minimum absolute atomic E-state index is 0.0512. The molecule has 4 nitrogen and oxygen atoms in total. The molecule has 0 bridgehead atoms. The minimum atomic E-state index is -0.239. The maximum atomic E-state index is 9.26. The van der Waals surface area contributed by atoms with Gasteiger partial charge in [0, 0.05) is 0 Å². The Bertz CT molecular complexity index is 559. The van der Waals surface area contributed by atoms with Crippen LogP contribution in [0, 0.1) is 11.3 Å². The van der Waals surface area contributed by atoms with E-state index in [1.165, 1.54) is 0 Å². The van der Waals surface area contributed by atoms with E-state index in [2.05, 4.69) is 4.99 Å². The Labute approximate surface area is 99.3 Å². The molecule has 0 aliphatic carbocycles. The van der Waals surface area contributed by atoms with Crippen LogP contribution in [0.15, 0.2) is 35.3 Å². The zero-order valence-corrected chi connectivity index (χ0v) is 9.30. The molecule has 0 aliphatic rings. The molecule has 4 heteroatoms. The van der Waals surface area contributed by atoms with E-state index in [9.17, 15) is 5.11 Å². The summed E-state index contributed by atoms with van der Waals surface area (Å²) in [5.74, 6) is 0. The average Bonchev–Trinajstić information content (AvgIpc) is 2.99. The molecule has 0 aromatic heterocycles. The van der Waals surface area contributed by atoms with E-state index < -0.39 is 0 Å². The number of nitrogens with two attached hydrogens (primary N) is 1. The highest BCUT2D eigenvalue weighted by atomic mass is 16.3. The molecular weight excluding hydrogens is 214 g/mol. The van der Waals surface area contributed by atoms with E-state index >= 15 is 0 Å². The molecule has 0 fully saturated rings. The predicted molar refractivity (Wildman–Crippen MR) is 64.5 cm³/mol. The van der Waals surface area contributed by atoms with Gasteiger partial charge in [0.25, 0.3) is 0 Å². The van der Waals surface area contributed by atoms with Crippen LogP contribution in [-0.2, 0) is 6.42 Å². The molecule has 0 saturated heterocycles. The average molecular weight is 227 g/mol. The monoisotopic (exact) mass is 227 g/mol. The number of nitrogen functional groups attached to an aromatic ring is 1. The maximum absolute atomic E-state index is 9.26. The van der Waals surface area contributed by atoms with Gasteiger partial charge in [-0.2, -0.15) is 5.26 Å². The summed E-state index contributed by atoms with van der Waals surface area (Å²) in [5.41, 5.74) is 7.58. The number of anilines is 1. The third-order valence-corrected chi connectivity index (χ3v) is 2.65. The number of hydrogen-bond acceptors (Lipinski definition) is 4. The molecule has 0 aliphatic heterocycles. The Kier molecular flexibility index (Phi) is 3.22. The molecule has 0 amide bonds. The van der Waals surface area contributed by atoms with Crippen LogP contribution in [0.3, 0.4) is 0 Å². The molecule has 86 valence electrons. The lowest BCUT2D eigenvalue weighted by Gasteiger charge is -2.07. The topological polar surface area (TPSA) is 82.4 Å². The van der Waals surface area contributed by atoms with Crippen molar-refractivity contribution in [2.75, 3.05) is 12.3 Å². The molecule has 2 rings (SSSR count). The van der Waals surface area contributed by atoms with Crippen LogP contribution in [0.4, 0.5) is 5.69 Å². The zero-order chi connectivity index (χ0) is 12.3. The molecule has 0 radical (unpaired) electrons. The predicted octanol–water partition coefficient (Wildman–Crippen LogP) is 0.520. The van der Waals surface area contributed by atoms with Crippen molar-refractivity contribution in [1.29, 1.82) is 5.26 Å². The van der Waals surface area contributed by atoms with Gasteiger partial charge in [0.05, 0.1) is 18.3 Å². The third-order valence-electron chi connectivity index (χ3n) is 2.65. The summed E-state index contributed by atoms with van der Waals surface area (Å²) in [6.07, 6.45) is 0.646. The summed E-state index contributed by atoms with van der Waals surface area (Å²) in [7, 11) is 0. The number of hydrogen-bond donors (Lipinski definition) is 2. The second-order valence-electron chi connectivity index (χ2n) is 3.90. The Morgan fingerprint density at radius 1 is 1.35 bits per heavy atom. The van der Waals surface area contributed by atoms with Gasteiger partial charge in [0.15, 0.2) is 0 Å². The van der Waals surface area contributed by atoms with Gasteiger partial charge in [-0.1, -0.05) is 30.3 Å². The van der Waals surface area contributed by atoms with Crippen LogP contribution >= 0.6 is 0 Å². The number of nitrogens with zero attached hydrogens (tertiary/aromatic N) is 2. The Hall–Kier alpha value is -2.12. The van der Waals surface area contributed by atoms with Gasteiger partial charge in [-0.25, -0.2) is 0 Å². The molecular formula is C13H13N3O. The molecule has 3 N–H and O–H groups in total. The Balaban J connectivity index is 2.12. The second kappa shape index (κ2) is 4.81. The first-order valence-corrected chi connectivity index (χ1v) is 5.39. The van der Waals surface area contributed by atoms with Crippen molar-refractivity contribution in [1.82, 2.24) is 0 Å². The number of nitriles is 1. The molecule has 0 heterocycles. The van der Waals surface area contributed by atoms with Crippen LogP contribution in [0.1, 0.15) is 11.1 Å². The number of aliphatic hydroxyl groups excluding tert-OH is 1. The standard InChI is InChI=1S/C13H13N3O/c14-7-11-12(15)13(11)16-10(8-17)6-9-4-2-1-3-5-9/h1-5,10,17H,6,8,15H2/b16-13+/t10-/m0/s1. The highest BCUT2D eigenvalue weighted by Crippen LogP contribution is 2.11. The summed E-state index contributed by atoms with van der Waals surface area (Å²) in [4.78, 5) is 4.28. The van der Waals surface area contributed by atoms with Crippen LogP contribution in [-0.4, -0.2) is 17.8 Å². The Morgan fingerprint density at radius 2 is 2.06 bits per heavy atom. The first-order chi connectivity index (χ1) is 8.26. The fourth-order valence-electron chi connectivity index (χ4n) is 1.66. The SMILES string of the molecule is N#Cc1c(N)/c1=N/[C@H](CO)Cc1ccccc1. The fraction of sp³-hybridized carbons (Fsp3) is 0.231. The van der Waals surface area contributed by atoms with Gasteiger partial charge >= 0.3 is 0 Å². The van der Waals surface area contributed by atoms with E-state index in [1.807, 2.05) is 36.4 Å².